The van der Waals surface area contributed by atoms with E-state index < -0.39 is 11.7 Å². The highest BCUT2D eigenvalue weighted by atomic mass is 79.9. The quantitative estimate of drug-likeness (QED) is 0.334. The zero-order chi connectivity index (χ0) is 14.4. The van der Waals surface area contributed by atoms with Crippen molar-refractivity contribution in [2.24, 2.45) is 10.9 Å². The highest BCUT2D eigenvalue weighted by Gasteiger charge is 2.17. The molecule has 5 nitrogen and oxygen atoms in total. The molecule has 1 amide bonds. The number of nitrogens with zero attached hydrogens (tertiary/aromatic N) is 1. The summed E-state index contributed by atoms with van der Waals surface area (Å²) in [6.45, 7) is 1.84. The van der Waals surface area contributed by atoms with Gasteiger partial charge in [-0.2, -0.15) is 0 Å². The van der Waals surface area contributed by atoms with Crippen LogP contribution < -0.4 is 11.1 Å². The number of hydrogen-bond acceptors (Lipinski definition) is 3. The van der Waals surface area contributed by atoms with Gasteiger partial charge in [-0.25, -0.2) is 4.39 Å². The number of oxime groups is 1. The van der Waals surface area contributed by atoms with E-state index in [2.05, 4.69) is 26.4 Å². The molecule has 0 fully saturated rings. The van der Waals surface area contributed by atoms with Gasteiger partial charge in [-0.1, -0.05) is 28.0 Å². The van der Waals surface area contributed by atoms with Crippen molar-refractivity contribution in [1.29, 1.82) is 0 Å². The molecule has 0 saturated heterocycles. The van der Waals surface area contributed by atoms with Crippen LogP contribution in [0.25, 0.3) is 0 Å². The maximum absolute atomic E-state index is 13.5. The van der Waals surface area contributed by atoms with Gasteiger partial charge in [0.1, 0.15) is 11.7 Å². The summed E-state index contributed by atoms with van der Waals surface area (Å²) in [6, 6.07) is 3.81. The molecule has 4 N–H and O–H groups in total. The highest BCUT2D eigenvalue weighted by Crippen LogP contribution is 2.16. The van der Waals surface area contributed by atoms with Crippen LogP contribution in [0.15, 0.2) is 27.8 Å². The maximum Gasteiger partial charge on any atom is 0.254 e. The van der Waals surface area contributed by atoms with E-state index in [1.165, 1.54) is 18.2 Å². The molecule has 0 bridgehead atoms. The Kier molecular flexibility index (Phi) is 5.75. The van der Waals surface area contributed by atoms with Crippen molar-refractivity contribution < 1.29 is 14.4 Å². The van der Waals surface area contributed by atoms with Crippen molar-refractivity contribution in [2.75, 3.05) is 0 Å². The van der Waals surface area contributed by atoms with Crippen LogP contribution in [0.2, 0.25) is 0 Å². The van der Waals surface area contributed by atoms with E-state index in [1.54, 1.807) is 0 Å². The number of nitrogens with two attached hydrogens (primary N) is 1. The van der Waals surface area contributed by atoms with Gasteiger partial charge in [0.05, 0.1) is 5.56 Å². The first-order valence-corrected chi connectivity index (χ1v) is 6.49. The summed E-state index contributed by atoms with van der Waals surface area (Å²) in [6.07, 6.45) is 0.784. The number of carbonyl (C=O) groups is 1. The van der Waals surface area contributed by atoms with Crippen molar-refractivity contribution in [3.8, 4) is 0 Å². The molecule has 7 heteroatoms. The second-order valence-electron chi connectivity index (χ2n) is 4.00. The lowest BCUT2D eigenvalue weighted by molar-refractivity contribution is 0.0932. The normalized spacial score (nSPS) is 13.1. The van der Waals surface area contributed by atoms with Gasteiger partial charge in [0.15, 0.2) is 0 Å². The number of amidine groups is 1. The molecule has 1 aromatic carbocycles. The summed E-state index contributed by atoms with van der Waals surface area (Å²) in [5.74, 6) is -1.11. The number of halogens is 2. The maximum atomic E-state index is 13.5. The molecular formula is C12H15BrFN3O2. The summed E-state index contributed by atoms with van der Waals surface area (Å²) in [5, 5.41) is 14.0. The van der Waals surface area contributed by atoms with E-state index in [9.17, 15) is 9.18 Å². The van der Waals surface area contributed by atoms with Gasteiger partial charge in [0.25, 0.3) is 5.91 Å². The number of benzene rings is 1. The fraction of sp³-hybridized carbons (Fsp3) is 0.333. The predicted molar refractivity (Wildman–Crippen MR) is 73.7 cm³/mol. The van der Waals surface area contributed by atoms with Crippen molar-refractivity contribution in [3.05, 3.63) is 34.1 Å². The third kappa shape index (κ3) is 4.51. The molecule has 0 heterocycles. The number of carbonyl (C=O) groups excluding carboxylic acids is 1. The minimum atomic E-state index is -0.598. The molecule has 0 aliphatic carbocycles. The van der Waals surface area contributed by atoms with E-state index in [0.717, 1.165) is 0 Å². The molecule has 1 rings (SSSR count). The van der Waals surface area contributed by atoms with Gasteiger partial charge in [0.2, 0.25) is 0 Å². The second kappa shape index (κ2) is 7.08. The molecule has 0 aliphatic rings. The fourth-order valence-electron chi connectivity index (χ4n) is 1.53. The van der Waals surface area contributed by atoms with Crippen molar-refractivity contribution >= 4 is 27.7 Å². The van der Waals surface area contributed by atoms with Gasteiger partial charge in [0, 0.05) is 16.9 Å². The Morgan fingerprint density at radius 3 is 2.89 bits per heavy atom. The first kappa shape index (κ1) is 15.4. The number of nitrogens with one attached hydrogen (secondary N) is 1. The van der Waals surface area contributed by atoms with Gasteiger partial charge >= 0.3 is 0 Å². The zero-order valence-corrected chi connectivity index (χ0v) is 11.9. The van der Waals surface area contributed by atoms with Crippen LogP contribution in [-0.4, -0.2) is 23.0 Å². The van der Waals surface area contributed by atoms with E-state index in [0.29, 0.717) is 10.9 Å². The lowest BCUT2D eigenvalue weighted by Crippen LogP contribution is -2.37. The van der Waals surface area contributed by atoms with Gasteiger partial charge in [-0.05, 0) is 24.6 Å². The lowest BCUT2D eigenvalue weighted by atomic mass is 10.1. The van der Waals surface area contributed by atoms with E-state index >= 15 is 0 Å². The highest BCUT2D eigenvalue weighted by molar-refractivity contribution is 9.10. The van der Waals surface area contributed by atoms with Crippen molar-refractivity contribution in [2.45, 2.75) is 25.8 Å². The van der Waals surface area contributed by atoms with Crippen LogP contribution in [0.1, 0.15) is 30.1 Å². The Labute approximate surface area is 118 Å². The average Bonchev–Trinajstić information content (AvgIpc) is 2.40. The third-order valence-electron chi connectivity index (χ3n) is 2.59. The summed E-state index contributed by atoms with van der Waals surface area (Å²) < 4.78 is 14.1. The van der Waals surface area contributed by atoms with Crippen LogP contribution >= 0.6 is 15.9 Å². The first-order valence-electron chi connectivity index (χ1n) is 5.70. The summed E-state index contributed by atoms with van der Waals surface area (Å²) in [4.78, 5) is 11.9. The van der Waals surface area contributed by atoms with E-state index in [-0.39, 0.29) is 23.9 Å². The van der Waals surface area contributed by atoms with E-state index in [4.69, 9.17) is 10.9 Å². The van der Waals surface area contributed by atoms with Gasteiger partial charge < -0.3 is 16.3 Å². The molecule has 19 heavy (non-hydrogen) atoms. The lowest BCUT2D eigenvalue weighted by Gasteiger charge is -2.16. The Morgan fingerprint density at radius 1 is 1.63 bits per heavy atom. The van der Waals surface area contributed by atoms with Crippen molar-refractivity contribution in [3.63, 3.8) is 0 Å². The third-order valence-corrected chi connectivity index (χ3v) is 3.08. The molecule has 0 spiro atoms. The second-order valence-corrected chi connectivity index (χ2v) is 4.91. The largest absolute Gasteiger partial charge is 0.409 e. The summed E-state index contributed by atoms with van der Waals surface area (Å²) in [7, 11) is 0. The Hall–Kier alpha value is -1.63. The molecule has 0 saturated carbocycles. The fourth-order valence-corrected chi connectivity index (χ4v) is 1.89. The minimum absolute atomic E-state index is 0.0156. The average molecular weight is 332 g/mol. The van der Waals surface area contributed by atoms with Crippen molar-refractivity contribution in [1.82, 2.24) is 5.32 Å². The molecule has 0 radical (unpaired) electrons. The topological polar surface area (TPSA) is 87.7 Å². The summed E-state index contributed by atoms with van der Waals surface area (Å²) >= 11 is 3.18. The van der Waals surface area contributed by atoms with Crippen LogP contribution in [-0.2, 0) is 0 Å². The monoisotopic (exact) mass is 331 g/mol. The number of amides is 1. The molecule has 1 atom stereocenters. The van der Waals surface area contributed by atoms with E-state index in [1.807, 2.05) is 6.92 Å². The zero-order valence-electron chi connectivity index (χ0n) is 10.4. The molecule has 0 aliphatic heterocycles. The minimum Gasteiger partial charge on any atom is -0.409 e. The molecule has 1 unspecified atom stereocenters. The Morgan fingerprint density at radius 2 is 2.32 bits per heavy atom. The van der Waals surface area contributed by atoms with Crippen LogP contribution in [0.5, 0.6) is 0 Å². The number of rotatable bonds is 5. The molecule has 104 valence electrons. The predicted octanol–water partition coefficient (Wildman–Crippen LogP) is 2.23. The number of hydrogen-bond donors (Lipinski definition) is 3. The first-order chi connectivity index (χ1) is 8.97. The smallest absolute Gasteiger partial charge is 0.254 e. The Bertz CT molecular complexity index is 494. The summed E-state index contributed by atoms with van der Waals surface area (Å²) in [5.41, 5.74) is 5.34. The van der Waals surface area contributed by atoms with Gasteiger partial charge in [-0.15, -0.1) is 0 Å². The standard InChI is InChI=1S/C12H15BrFN3O2/c1-2-8(6-11(15)17-19)16-12(18)9-5-7(13)3-4-10(9)14/h3-5,8,19H,2,6H2,1H3,(H2,15,17)(H,16,18). The molecule has 1 aromatic rings. The van der Waals surface area contributed by atoms with Crippen LogP contribution in [0.3, 0.4) is 0 Å². The molecular weight excluding hydrogens is 317 g/mol. The van der Waals surface area contributed by atoms with Gasteiger partial charge in [-0.3, -0.25) is 4.79 Å². The van der Waals surface area contributed by atoms with Crippen LogP contribution in [0, 0.1) is 5.82 Å². The van der Waals surface area contributed by atoms with Crippen LogP contribution in [0.4, 0.5) is 4.39 Å². The Balaban J connectivity index is 2.80. The SMILES string of the molecule is CCC(CC(N)=NO)NC(=O)c1cc(Br)ccc1F. The molecule has 0 aromatic heterocycles.